The quantitative estimate of drug-likeness (QED) is 0.224. The molecule has 0 aliphatic carbocycles. The molecule has 1 aromatic rings. The Labute approximate surface area is 221 Å². The Morgan fingerprint density at radius 1 is 0.846 bits per heavy atom. The SMILES string of the molecule is CC(=O)OC[C@H](OC(C)=O)[C@@H](OC(C)=O)[C@H](Cn1c2nc(=O)[nH]c(=O)c-2nc2cc(C)c(C)cc21)OC(C)=O. The van der Waals surface area contributed by atoms with E-state index in [4.69, 9.17) is 18.9 Å². The van der Waals surface area contributed by atoms with Crippen LogP contribution in [0.1, 0.15) is 38.8 Å². The Morgan fingerprint density at radius 3 is 2.03 bits per heavy atom. The molecule has 0 spiro atoms. The van der Waals surface area contributed by atoms with Gasteiger partial charge >= 0.3 is 29.6 Å². The molecule has 39 heavy (non-hydrogen) atoms. The van der Waals surface area contributed by atoms with Crippen LogP contribution in [-0.2, 0) is 44.7 Å². The number of nitrogens with zero attached hydrogens (tertiary/aromatic N) is 3. The van der Waals surface area contributed by atoms with Crippen molar-refractivity contribution in [3.05, 3.63) is 44.1 Å². The van der Waals surface area contributed by atoms with Gasteiger partial charge in [0.15, 0.2) is 29.8 Å². The molecule has 3 rings (SSSR count). The topological polar surface area (TPSA) is 186 Å². The minimum Gasteiger partial charge on any atom is -0.462 e. The molecule has 14 nitrogen and oxygen atoms in total. The summed E-state index contributed by atoms with van der Waals surface area (Å²) in [4.78, 5) is 82.8. The maximum Gasteiger partial charge on any atom is 0.349 e. The van der Waals surface area contributed by atoms with Crippen molar-refractivity contribution in [3.8, 4) is 11.5 Å². The summed E-state index contributed by atoms with van der Waals surface area (Å²) >= 11 is 0. The van der Waals surface area contributed by atoms with Crippen LogP contribution in [-0.4, -0.2) is 68.3 Å². The van der Waals surface area contributed by atoms with Crippen LogP contribution in [0.4, 0.5) is 0 Å². The number of aryl methyl sites for hydroxylation is 2. The van der Waals surface area contributed by atoms with E-state index in [1.54, 1.807) is 12.1 Å². The third-order valence-electron chi connectivity index (χ3n) is 5.71. The molecule has 0 radical (unpaired) electrons. The molecule has 0 fully saturated rings. The van der Waals surface area contributed by atoms with Crippen molar-refractivity contribution in [3.63, 3.8) is 0 Å². The van der Waals surface area contributed by atoms with Gasteiger partial charge in [0.2, 0.25) is 0 Å². The molecule has 1 N–H and O–H groups in total. The Bertz CT molecular complexity index is 1530. The standard InChI is InChI=1S/C25H28N4O10/c1-11-7-17-18(8-12(11)2)29(23-21(26-17)24(34)28-25(35)27-23)9-19(37-14(4)31)22(39-16(6)33)20(38-15(5)32)10-36-13(3)30/h7-8,19-20,22H,9-10H2,1-6H3,(H,28,34,35)/t19-,20-,22-/m0/s1. The number of hydrogen-bond acceptors (Lipinski definition) is 12. The van der Waals surface area contributed by atoms with Gasteiger partial charge in [-0.1, -0.05) is 0 Å². The highest BCUT2D eigenvalue weighted by molar-refractivity contribution is 5.81. The minimum absolute atomic E-state index is 0.123. The molecule has 208 valence electrons. The lowest BCUT2D eigenvalue weighted by Gasteiger charge is -2.32. The number of ether oxygens (including phenoxy) is 4. The number of carbonyl (C=O) groups is 4. The van der Waals surface area contributed by atoms with Gasteiger partial charge in [0.1, 0.15) is 6.61 Å². The van der Waals surface area contributed by atoms with Crippen LogP contribution >= 0.6 is 0 Å². The fraction of sp³-hybridized carbons (Fsp3) is 0.440. The number of aromatic nitrogens is 4. The molecule has 0 unspecified atom stereocenters. The molecule has 0 saturated heterocycles. The third-order valence-corrected chi connectivity index (χ3v) is 5.71. The fourth-order valence-electron chi connectivity index (χ4n) is 4.03. The van der Waals surface area contributed by atoms with Gasteiger partial charge in [-0.25, -0.2) is 9.78 Å². The van der Waals surface area contributed by atoms with Crippen LogP contribution in [0.3, 0.4) is 0 Å². The Balaban J connectivity index is 2.28. The molecule has 3 atom stereocenters. The van der Waals surface area contributed by atoms with Gasteiger partial charge in [0.05, 0.1) is 17.6 Å². The van der Waals surface area contributed by atoms with Crippen LogP contribution in [0.25, 0.3) is 22.6 Å². The Hall–Kier alpha value is -4.62. The first-order valence-corrected chi connectivity index (χ1v) is 11.8. The zero-order valence-electron chi connectivity index (χ0n) is 22.2. The van der Waals surface area contributed by atoms with Gasteiger partial charge in [-0.2, -0.15) is 4.98 Å². The van der Waals surface area contributed by atoms with Crippen molar-refractivity contribution in [2.75, 3.05) is 6.61 Å². The number of H-pyrrole nitrogens is 1. The zero-order chi connectivity index (χ0) is 29.0. The summed E-state index contributed by atoms with van der Waals surface area (Å²) in [5.74, 6) is -3.20. The van der Waals surface area contributed by atoms with Gasteiger partial charge in [-0.15, -0.1) is 0 Å². The predicted octanol–water partition coefficient (Wildman–Crippen LogP) is 0.560. The first-order chi connectivity index (χ1) is 18.3. The number of esters is 4. The van der Waals surface area contributed by atoms with Crippen LogP contribution in [0.2, 0.25) is 0 Å². The van der Waals surface area contributed by atoms with E-state index in [9.17, 15) is 28.8 Å². The van der Waals surface area contributed by atoms with Crippen LogP contribution in [0.5, 0.6) is 0 Å². The molecular weight excluding hydrogens is 516 g/mol. The average molecular weight is 545 g/mol. The van der Waals surface area contributed by atoms with Crippen LogP contribution in [0.15, 0.2) is 21.7 Å². The number of benzene rings is 1. The van der Waals surface area contributed by atoms with E-state index in [2.05, 4.69) is 15.0 Å². The van der Waals surface area contributed by atoms with Crippen molar-refractivity contribution < 1.29 is 38.1 Å². The van der Waals surface area contributed by atoms with Crippen molar-refractivity contribution >= 4 is 34.9 Å². The van der Waals surface area contributed by atoms with Gasteiger partial charge in [-0.05, 0) is 37.1 Å². The smallest absolute Gasteiger partial charge is 0.349 e. The van der Waals surface area contributed by atoms with Crippen LogP contribution in [0, 0.1) is 13.8 Å². The van der Waals surface area contributed by atoms with E-state index in [0.29, 0.717) is 11.0 Å². The van der Waals surface area contributed by atoms with Crippen molar-refractivity contribution in [2.24, 2.45) is 0 Å². The van der Waals surface area contributed by atoms with E-state index >= 15 is 0 Å². The van der Waals surface area contributed by atoms with E-state index in [-0.39, 0.29) is 18.1 Å². The number of carbonyl (C=O) groups excluding carboxylic acids is 4. The summed E-state index contributed by atoms with van der Waals surface area (Å²) in [5.41, 5.74) is 0.637. The second-order valence-electron chi connectivity index (χ2n) is 8.86. The number of fused-ring (bicyclic) bond motifs is 2. The zero-order valence-corrected chi connectivity index (χ0v) is 22.2. The molecule has 0 aromatic heterocycles. The summed E-state index contributed by atoms with van der Waals surface area (Å²) in [6.45, 7) is 7.29. The van der Waals surface area contributed by atoms with Crippen molar-refractivity contribution in [1.29, 1.82) is 0 Å². The summed E-state index contributed by atoms with van der Waals surface area (Å²) in [6.07, 6.45) is -4.22. The second-order valence-corrected chi connectivity index (χ2v) is 8.86. The molecule has 0 saturated carbocycles. The maximum absolute atomic E-state index is 12.6. The van der Waals surface area contributed by atoms with E-state index in [1.807, 2.05) is 13.8 Å². The highest BCUT2D eigenvalue weighted by Gasteiger charge is 2.39. The maximum atomic E-state index is 12.6. The lowest BCUT2D eigenvalue weighted by atomic mass is 10.1. The number of nitrogens with one attached hydrogen (secondary N) is 1. The average Bonchev–Trinajstić information content (AvgIpc) is 2.80. The summed E-state index contributed by atoms with van der Waals surface area (Å²) in [5, 5.41) is 0. The Morgan fingerprint density at radius 2 is 1.44 bits per heavy atom. The molecule has 2 aliphatic rings. The predicted molar refractivity (Wildman–Crippen MR) is 134 cm³/mol. The Kier molecular flexibility index (Phi) is 8.78. The van der Waals surface area contributed by atoms with Crippen molar-refractivity contribution in [1.82, 2.24) is 19.5 Å². The highest BCUT2D eigenvalue weighted by Crippen LogP contribution is 2.26. The summed E-state index contributed by atoms with van der Waals surface area (Å²) < 4.78 is 22.7. The molecule has 2 aliphatic heterocycles. The van der Waals surface area contributed by atoms with E-state index in [1.165, 1.54) is 4.57 Å². The van der Waals surface area contributed by atoms with Gasteiger partial charge in [0, 0.05) is 27.7 Å². The molecule has 0 bridgehead atoms. The monoisotopic (exact) mass is 544 g/mol. The number of rotatable bonds is 9. The molecular formula is C25H28N4O10. The van der Waals surface area contributed by atoms with Gasteiger partial charge < -0.3 is 23.5 Å². The van der Waals surface area contributed by atoms with Crippen molar-refractivity contribution in [2.45, 2.75) is 66.4 Å². The van der Waals surface area contributed by atoms with Crippen LogP contribution < -0.4 is 11.2 Å². The largest absolute Gasteiger partial charge is 0.462 e. The highest BCUT2D eigenvalue weighted by atomic mass is 16.6. The fourth-order valence-corrected chi connectivity index (χ4v) is 4.03. The first-order valence-electron chi connectivity index (χ1n) is 11.8. The first kappa shape index (κ1) is 28.9. The molecule has 1 aromatic carbocycles. The lowest BCUT2D eigenvalue weighted by Crippen LogP contribution is -2.49. The molecule has 0 amide bonds. The summed E-state index contributed by atoms with van der Waals surface area (Å²) in [6, 6.07) is 3.48. The molecule has 14 heteroatoms. The second kappa shape index (κ2) is 11.8. The summed E-state index contributed by atoms with van der Waals surface area (Å²) in [7, 11) is 0. The minimum atomic E-state index is -1.47. The third kappa shape index (κ3) is 7.03. The van der Waals surface area contributed by atoms with Gasteiger partial charge in [-0.3, -0.25) is 29.0 Å². The molecule has 2 heterocycles. The van der Waals surface area contributed by atoms with Gasteiger partial charge in [0.25, 0.3) is 5.56 Å². The van der Waals surface area contributed by atoms with E-state index < -0.39 is 60.0 Å². The number of hydrogen-bond donors (Lipinski definition) is 1. The van der Waals surface area contributed by atoms with E-state index in [0.717, 1.165) is 38.8 Å². The lowest BCUT2D eigenvalue weighted by molar-refractivity contribution is -0.190. The number of aromatic amines is 1. The normalized spacial score (nSPS) is 13.4.